The van der Waals surface area contributed by atoms with Crippen LogP contribution in [0.3, 0.4) is 0 Å². The molecule has 0 aliphatic rings. The molecule has 0 aliphatic heterocycles. The first-order valence-electron chi connectivity index (χ1n) is 5.25. The van der Waals surface area contributed by atoms with E-state index in [1.807, 2.05) is 25.8 Å². The number of anilines is 1. The van der Waals surface area contributed by atoms with E-state index in [-0.39, 0.29) is 0 Å². The molecular formula is C13H18N2. The number of hydrogen-bond acceptors (Lipinski definition) is 2. The van der Waals surface area contributed by atoms with Crippen LogP contribution < -0.4 is 4.90 Å². The van der Waals surface area contributed by atoms with Gasteiger partial charge in [0.05, 0.1) is 6.07 Å². The smallest absolute Gasteiger partial charge is 0.121 e. The van der Waals surface area contributed by atoms with E-state index in [9.17, 15) is 0 Å². The molecule has 2 heteroatoms. The SMILES string of the molecule is CCc1ccc(N(C)C(C)(C)C#N)cc1. The molecule has 15 heavy (non-hydrogen) atoms. The average molecular weight is 202 g/mol. The van der Waals surface area contributed by atoms with Crippen LogP contribution in [0.15, 0.2) is 24.3 Å². The summed E-state index contributed by atoms with van der Waals surface area (Å²) in [6.45, 7) is 5.97. The van der Waals surface area contributed by atoms with Gasteiger partial charge in [-0.25, -0.2) is 0 Å². The summed E-state index contributed by atoms with van der Waals surface area (Å²) in [5.74, 6) is 0. The zero-order valence-corrected chi connectivity index (χ0v) is 9.91. The first-order valence-corrected chi connectivity index (χ1v) is 5.25. The molecule has 0 N–H and O–H groups in total. The lowest BCUT2D eigenvalue weighted by Gasteiger charge is -2.31. The average Bonchev–Trinajstić information content (AvgIpc) is 2.28. The molecule has 0 atom stereocenters. The first-order chi connectivity index (χ1) is 7.01. The second kappa shape index (κ2) is 4.35. The molecular weight excluding hydrogens is 184 g/mol. The maximum Gasteiger partial charge on any atom is 0.121 e. The molecule has 1 aromatic rings. The molecule has 0 amide bonds. The fourth-order valence-corrected chi connectivity index (χ4v) is 1.35. The first kappa shape index (κ1) is 11.6. The summed E-state index contributed by atoms with van der Waals surface area (Å²) in [5.41, 5.74) is 1.94. The highest BCUT2D eigenvalue weighted by Gasteiger charge is 2.22. The summed E-state index contributed by atoms with van der Waals surface area (Å²) in [4.78, 5) is 1.99. The van der Waals surface area contributed by atoms with Gasteiger partial charge in [-0.1, -0.05) is 19.1 Å². The van der Waals surface area contributed by atoms with Gasteiger partial charge in [0, 0.05) is 12.7 Å². The summed E-state index contributed by atoms with van der Waals surface area (Å²) < 4.78 is 0. The minimum Gasteiger partial charge on any atom is -0.357 e. The number of nitriles is 1. The Balaban J connectivity index is 2.93. The molecule has 0 fully saturated rings. The number of hydrogen-bond donors (Lipinski definition) is 0. The topological polar surface area (TPSA) is 27.0 Å². The molecule has 0 saturated carbocycles. The Morgan fingerprint density at radius 1 is 1.27 bits per heavy atom. The van der Waals surface area contributed by atoms with Crippen LogP contribution in [0.1, 0.15) is 26.3 Å². The van der Waals surface area contributed by atoms with Crippen LogP contribution in [0.25, 0.3) is 0 Å². The van der Waals surface area contributed by atoms with E-state index in [1.165, 1.54) is 5.56 Å². The van der Waals surface area contributed by atoms with Gasteiger partial charge in [-0.05, 0) is 38.0 Å². The van der Waals surface area contributed by atoms with Crippen LogP contribution in [0.2, 0.25) is 0 Å². The Morgan fingerprint density at radius 3 is 2.20 bits per heavy atom. The van der Waals surface area contributed by atoms with Gasteiger partial charge in [-0.15, -0.1) is 0 Å². The van der Waals surface area contributed by atoms with Gasteiger partial charge < -0.3 is 4.90 Å². The van der Waals surface area contributed by atoms with E-state index < -0.39 is 5.54 Å². The van der Waals surface area contributed by atoms with E-state index in [2.05, 4.69) is 37.3 Å². The van der Waals surface area contributed by atoms with E-state index in [0.717, 1.165) is 12.1 Å². The van der Waals surface area contributed by atoms with Crippen molar-refractivity contribution in [2.75, 3.05) is 11.9 Å². The van der Waals surface area contributed by atoms with E-state index in [0.29, 0.717) is 0 Å². The monoisotopic (exact) mass is 202 g/mol. The van der Waals surface area contributed by atoms with E-state index >= 15 is 0 Å². The molecule has 80 valence electrons. The van der Waals surface area contributed by atoms with Crippen LogP contribution in [0, 0.1) is 11.3 Å². The highest BCUT2D eigenvalue weighted by Crippen LogP contribution is 2.21. The molecule has 0 aromatic heterocycles. The normalized spacial score (nSPS) is 10.9. The van der Waals surface area contributed by atoms with Gasteiger partial charge in [0.1, 0.15) is 5.54 Å². The second-order valence-corrected chi connectivity index (χ2v) is 4.25. The fraction of sp³-hybridized carbons (Fsp3) is 0.462. The van der Waals surface area contributed by atoms with Crippen molar-refractivity contribution >= 4 is 5.69 Å². The van der Waals surface area contributed by atoms with E-state index in [4.69, 9.17) is 5.26 Å². The summed E-state index contributed by atoms with van der Waals surface area (Å²) in [6.07, 6.45) is 1.05. The molecule has 0 unspecified atom stereocenters. The summed E-state index contributed by atoms with van der Waals surface area (Å²) in [6, 6.07) is 10.6. The van der Waals surface area contributed by atoms with Crippen molar-refractivity contribution < 1.29 is 0 Å². The lowest BCUT2D eigenvalue weighted by Crippen LogP contribution is -2.39. The minimum absolute atomic E-state index is 0.465. The fourth-order valence-electron chi connectivity index (χ4n) is 1.35. The number of nitrogens with zero attached hydrogens (tertiary/aromatic N) is 2. The largest absolute Gasteiger partial charge is 0.357 e. The summed E-state index contributed by atoms with van der Waals surface area (Å²) in [7, 11) is 1.95. The molecule has 0 bridgehead atoms. The minimum atomic E-state index is -0.465. The van der Waals surface area contributed by atoms with Crippen molar-refractivity contribution in [3.63, 3.8) is 0 Å². The van der Waals surface area contributed by atoms with Gasteiger partial charge >= 0.3 is 0 Å². The quantitative estimate of drug-likeness (QED) is 0.753. The van der Waals surface area contributed by atoms with Gasteiger partial charge in [0.15, 0.2) is 0 Å². The molecule has 2 nitrogen and oxygen atoms in total. The molecule has 1 rings (SSSR count). The lowest BCUT2D eigenvalue weighted by molar-refractivity contribution is 0.617. The highest BCUT2D eigenvalue weighted by molar-refractivity contribution is 5.50. The Morgan fingerprint density at radius 2 is 1.80 bits per heavy atom. The van der Waals surface area contributed by atoms with Crippen LogP contribution in [-0.2, 0) is 6.42 Å². The Hall–Kier alpha value is -1.49. The number of benzene rings is 1. The Bertz CT molecular complexity index is 357. The maximum atomic E-state index is 9.03. The van der Waals surface area contributed by atoms with Crippen molar-refractivity contribution in [3.05, 3.63) is 29.8 Å². The second-order valence-electron chi connectivity index (χ2n) is 4.25. The molecule has 0 saturated heterocycles. The Labute approximate surface area is 92.1 Å². The van der Waals surface area contributed by atoms with Gasteiger partial charge in [-0.3, -0.25) is 0 Å². The zero-order valence-electron chi connectivity index (χ0n) is 9.91. The predicted molar refractivity (Wildman–Crippen MR) is 63.9 cm³/mol. The molecule has 1 aromatic carbocycles. The predicted octanol–water partition coefficient (Wildman–Crippen LogP) is 2.99. The summed E-state index contributed by atoms with van der Waals surface area (Å²) in [5, 5.41) is 9.03. The third-order valence-corrected chi connectivity index (χ3v) is 2.84. The molecule has 0 aliphatic carbocycles. The summed E-state index contributed by atoms with van der Waals surface area (Å²) >= 11 is 0. The van der Waals surface area contributed by atoms with Crippen molar-refractivity contribution in [1.82, 2.24) is 0 Å². The third kappa shape index (κ3) is 2.50. The zero-order chi connectivity index (χ0) is 11.5. The van der Waals surface area contributed by atoms with Crippen molar-refractivity contribution in [2.45, 2.75) is 32.7 Å². The third-order valence-electron chi connectivity index (χ3n) is 2.84. The Kier molecular flexibility index (Phi) is 3.36. The van der Waals surface area contributed by atoms with E-state index in [1.54, 1.807) is 0 Å². The van der Waals surface area contributed by atoms with Crippen molar-refractivity contribution in [1.29, 1.82) is 5.26 Å². The molecule has 0 spiro atoms. The standard InChI is InChI=1S/C13H18N2/c1-5-11-6-8-12(9-7-11)15(4)13(2,3)10-14/h6-9H,5H2,1-4H3. The van der Waals surface area contributed by atoms with Gasteiger partial charge in [0.2, 0.25) is 0 Å². The molecule has 0 radical (unpaired) electrons. The van der Waals surface area contributed by atoms with Crippen molar-refractivity contribution in [3.8, 4) is 6.07 Å². The van der Waals surface area contributed by atoms with Crippen LogP contribution in [0.5, 0.6) is 0 Å². The van der Waals surface area contributed by atoms with Crippen LogP contribution in [0.4, 0.5) is 5.69 Å². The van der Waals surface area contributed by atoms with Gasteiger partial charge in [-0.2, -0.15) is 5.26 Å². The number of rotatable bonds is 3. The maximum absolute atomic E-state index is 9.03. The number of aryl methyl sites for hydroxylation is 1. The van der Waals surface area contributed by atoms with Gasteiger partial charge in [0.25, 0.3) is 0 Å². The molecule has 0 heterocycles. The van der Waals surface area contributed by atoms with Crippen LogP contribution >= 0.6 is 0 Å². The lowest BCUT2D eigenvalue weighted by atomic mass is 10.0. The van der Waals surface area contributed by atoms with Crippen LogP contribution in [-0.4, -0.2) is 12.6 Å². The highest BCUT2D eigenvalue weighted by atomic mass is 15.2. The van der Waals surface area contributed by atoms with Crippen molar-refractivity contribution in [2.24, 2.45) is 0 Å².